The van der Waals surface area contributed by atoms with Crippen LogP contribution >= 0.6 is 11.8 Å². The molecule has 0 aromatic heterocycles. The monoisotopic (exact) mass is 487 g/mol. The number of nitrogens with one attached hydrogen (secondary N) is 1. The maximum absolute atomic E-state index is 13.7. The van der Waals surface area contributed by atoms with Gasteiger partial charge in [0, 0.05) is 21.9 Å². The van der Waals surface area contributed by atoms with Crippen LogP contribution in [0.2, 0.25) is 0 Å². The van der Waals surface area contributed by atoms with Crippen molar-refractivity contribution in [2.24, 2.45) is 0 Å². The SMILES string of the molecule is CCN(CC)CCCNC(=O)c1ccc2c(c1)N(Cc1ccc(C)cc1)C(=O)c1ccccc1S2. The molecule has 1 aliphatic rings. The van der Waals surface area contributed by atoms with Crippen LogP contribution in [-0.4, -0.2) is 42.9 Å². The fraction of sp³-hybridized carbons (Fsp3) is 0.310. The van der Waals surface area contributed by atoms with Gasteiger partial charge in [0.15, 0.2) is 0 Å². The summed E-state index contributed by atoms with van der Waals surface area (Å²) in [6.07, 6.45) is 0.904. The van der Waals surface area contributed by atoms with Gasteiger partial charge in [-0.3, -0.25) is 9.59 Å². The van der Waals surface area contributed by atoms with E-state index in [1.807, 2.05) is 42.5 Å². The minimum absolute atomic E-state index is 0.0517. The van der Waals surface area contributed by atoms with Crippen LogP contribution in [0.5, 0.6) is 0 Å². The highest BCUT2D eigenvalue weighted by Crippen LogP contribution is 2.42. The van der Waals surface area contributed by atoms with Gasteiger partial charge in [-0.15, -0.1) is 0 Å². The number of carbonyl (C=O) groups is 2. The highest BCUT2D eigenvalue weighted by Gasteiger charge is 2.28. The molecule has 1 heterocycles. The fourth-order valence-electron chi connectivity index (χ4n) is 4.24. The van der Waals surface area contributed by atoms with Gasteiger partial charge in [-0.1, -0.05) is 67.6 Å². The molecular formula is C29H33N3O2S. The molecular weight excluding hydrogens is 454 g/mol. The first-order valence-corrected chi connectivity index (χ1v) is 13.1. The average Bonchev–Trinajstić information content (AvgIpc) is 2.99. The van der Waals surface area contributed by atoms with Gasteiger partial charge in [-0.05, 0) is 68.9 Å². The molecule has 0 radical (unpaired) electrons. The van der Waals surface area contributed by atoms with Gasteiger partial charge < -0.3 is 15.1 Å². The van der Waals surface area contributed by atoms with Crippen LogP contribution in [0, 0.1) is 6.92 Å². The number of amides is 2. The normalized spacial score (nSPS) is 12.8. The topological polar surface area (TPSA) is 52.7 Å². The number of fused-ring (bicyclic) bond motifs is 2. The maximum atomic E-state index is 13.7. The molecule has 3 aromatic carbocycles. The second-order valence-electron chi connectivity index (χ2n) is 8.79. The fourth-order valence-corrected chi connectivity index (χ4v) is 5.30. The van der Waals surface area contributed by atoms with E-state index in [9.17, 15) is 9.59 Å². The summed E-state index contributed by atoms with van der Waals surface area (Å²) in [5.41, 5.74) is 4.25. The average molecular weight is 488 g/mol. The molecule has 0 saturated carbocycles. The van der Waals surface area contributed by atoms with Gasteiger partial charge >= 0.3 is 0 Å². The number of benzene rings is 3. The van der Waals surface area contributed by atoms with Gasteiger partial charge in [-0.25, -0.2) is 0 Å². The first-order chi connectivity index (χ1) is 17.0. The molecule has 0 fully saturated rings. The lowest BCUT2D eigenvalue weighted by molar-refractivity contribution is 0.0948. The number of hydrogen-bond donors (Lipinski definition) is 1. The Balaban J connectivity index is 1.60. The first kappa shape index (κ1) is 25.0. The predicted octanol–water partition coefficient (Wildman–Crippen LogP) is 5.77. The number of aryl methyl sites for hydroxylation is 1. The molecule has 35 heavy (non-hydrogen) atoms. The van der Waals surface area contributed by atoms with Crippen molar-refractivity contribution in [3.8, 4) is 0 Å². The second-order valence-corrected chi connectivity index (χ2v) is 9.88. The van der Waals surface area contributed by atoms with Gasteiger partial charge in [0.1, 0.15) is 0 Å². The van der Waals surface area contributed by atoms with E-state index in [-0.39, 0.29) is 11.8 Å². The molecule has 182 valence electrons. The number of carbonyl (C=O) groups excluding carboxylic acids is 2. The lowest BCUT2D eigenvalue weighted by atomic mass is 10.1. The molecule has 1 N–H and O–H groups in total. The Labute approximate surface area is 212 Å². The van der Waals surface area contributed by atoms with Crippen molar-refractivity contribution in [2.75, 3.05) is 31.1 Å². The number of hydrogen-bond acceptors (Lipinski definition) is 4. The molecule has 5 nitrogen and oxygen atoms in total. The zero-order valence-electron chi connectivity index (χ0n) is 20.7. The van der Waals surface area contributed by atoms with E-state index >= 15 is 0 Å². The molecule has 0 atom stereocenters. The third-order valence-electron chi connectivity index (χ3n) is 6.39. The molecule has 0 bridgehead atoms. The molecule has 2 amide bonds. The third kappa shape index (κ3) is 5.95. The third-order valence-corrected chi connectivity index (χ3v) is 7.53. The minimum atomic E-state index is -0.109. The van der Waals surface area contributed by atoms with Crippen LogP contribution < -0.4 is 10.2 Å². The van der Waals surface area contributed by atoms with Crippen molar-refractivity contribution in [3.05, 3.63) is 89.0 Å². The molecule has 4 rings (SSSR count). The van der Waals surface area contributed by atoms with Crippen LogP contribution in [0.1, 0.15) is 52.1 Å². The second kappa shape index (κ2) is 11.6. The van der Waals surface area contributed by atoms with Crippen molar-refractivity contribution in [1.82, 2.24) is 10.2 Å². The van der Waals surface area contributed by atoms with Crippen molar-refractivity contribution in [2.45, 2.75) is 43.5 Å². The summed E-state index contributed by atoms with van der Waals surface area (Å²) in [5.74, 6) is -0.161. The molecule has 0 unspecified atom stereocenters. The Hall–Kier alpha value is -3.09. The van der Waals surface area contributed by atoms with Gasteiger partial charge in [0.25, 0.3) is 11.8 Å². The summed E-state index contributed by atoms with van der Waals surface area (Å²) in [5, 5.41) is 3.05. The van der Waals surface area contributed by atoms with E-state index in [1.54, 1.807) is 16.7 Å². The van der Waals surface area contributed by atoms with Crippen LogP contribution in [0.25, 0.3) is 0 Å². The van der Waals surface area contributed by atoms with Crippen molar-refractivity contribution in [3.63, 3.8) is 0 Å². The lowest BCUT2D eigenvalue weighted by Gasteiger charge is -2.24. The standard InChI is InChI=1S/C29H33N3O2S/c1-4-31(5-2)18-8-17-30-28(33)23-15-16-27-25(19-23)32(20-22-13-11-21(3)12-14-22)29(34)24-9-6-7-10-26(24)35-27/h6-7,9-16,19H,4-5,8,17-18,20H2,1-3H3,(H,30,33). The summed E-state index contributed by atoms with van der Waals surface area (Å²) < 4.78 is 0. The Morgan fingerprint density at radius 2 is 1.71 bits per heavy atom. The summed E-state index contributed by atoms with van der Waals surface area (Å²) in [6.45, 7) is 10.4. The van der Waals surface area contributed by atoms with Crippen LogP contribution in [0.3, 0.4) is 0 Å². The smallest absolute Gasteiger partial charge is 0.259 e. The summed E-state index contributed by atoms with van der Waals surface area (Å²) in [4.78, 5) is 32.7. The number of rotatable bonds is 9. The van der Waals surface area contributed by atoms with Crippen molar-refractivity contribution < 1.29 is 9.59 Å². The van der Waals surface area contributed by atoms with Gasteiger partial charge in [-0.2, -0.15) is 0 Å². The summed E-state index contributed by atoms with van der Waals surface area (Å²) in [7, 11) is 0. The summed E-state index contributed by atoms with van der Waals surface area (Å²) in [6, 6.07) is 21.6. The highest BCUT2D eigenvalue weighted by atomic mass is 32.2. The Kier molecular flexibility index (Phi) is 8.26. The predicted molar refractivity (Wildman–Crippen MR) is 143 cm³/mol. The number of anilines is 1. The van der Waals surface area contributed by atoms with Gasteiger partial charge in [0.2, 0.25) is 0 Å². The largest absolute Gasteiger partial charge is 0.352 e. The van der Waals surface area contributed by atoms with Crippen LogP contribution in [0.4, 0.5) is 5.69 Å². The minimum Gasteiger partial charge on any atom is -0.352 e. The van der Waals surface area contributed by atoms with Crippen LogP contribution in [0.15, 0.2) is 76.5 Å². The molecule has 6 heteroatoms. The van der Waals surface area contributed by atoms with E-state index in [4.69, 9.17) is 0 Å². The van der Waals surface area contributed by atoms with Crippen molar-refractivity contribution >= 4 is 29.3 Å². The molecule has 0 spiro atoms. The zero-order valence-corrected chi connectivity index (χ0v) is 21.5. The first-order valence-electron chi connectivity index (χ1n) is 12.3. The van der Waals surface area contributed by atoms with E-state index in [2.05, 4.69) is 55.3 Å². The van der Waals surface area contributed by atoms with E-state index in [0.29, 0.717) is 24.2 Å². The number of nitrogens with zero attached hydrogens (tertiary/aromatic N) is 2. The summed E-state index contributed by atoms with van der Waals surface area (Å²) >= 11 is 1.57. The Morgan fingerprint density at radius 1 is 0.971 bits per heavy atom. The van der Waals surface area contributed by atoms with E-state index in [1.165, 1.54) is 5.56 Å². The maximum Gasteiger partial charge on any atom is 0.259 e. The molecule has 3 aromatic rings. The van der Waals surface area contributed by atoms with Crippen molar-refractivity contribution in [1.29, 1.82) is 0 Å². The van der Waals surface area contributed by atoms with E-state index < -0.39 is 0 Å². The van der Waals surface area contributed by atoms with Gasteiger partial charge in [0.05, 0.1) is 17.8 Å². The molecule has 0 aliphatic carbocycles. The molecule has 1 aliphatic heterocycles. The molecule has 0 saturated heterocycles. The highest BCUT2D eigenvalue weighted by molar-refractivity contribution is 7.99. The Bertz CT molecular complexity index is 1190. The lowest BCUT2D eigenvalue weighted by Crippen LogP contribution is -2.31. The quantitative estimate of drug-likeness (QED) is 0.390. The zero-order chi connectivity index (χ0) is 24.8. The Morgan fingerprint density at radius 3 is 2.46 bits per heavy atom. The van der Waals surface area contributed by atoms with Crippen LogP contribution in [-0.2, 0) is 6.54 Å². The van der Waals surface area contributed by atoms with E-state index in [0.717, 1.165) is 47.1 Å².